The van der Waals surface area contributed by atoms with Gasteiger partial charge in [0.05, 0.1) is 22.3 Å². The Balaban J connectivity index is 1.10. The molecule has 0 saturated heterocycles. The molecule has 6 unspecified atom stereocenters. The number of ether oxygens (including phenoxy) is 6. The van der Waals surface area contributed by atoms with Crippen molar-refractivity contribution in [1.82, 2.24) is 19.6 Å². The molecule has 2 fully saturated rings. The summed E-state index contributed by atoms with van der Waals surface area (Å²) in [6, 6.07) is 39.0. The largest absolute Gasteiger partial charge is 0.459 e. The number of hydrogen-bond acceptors (Lipinski definition) is 14. The van der Waals surface area contributed by atoms with Gasteiger partial charge in [-0.3, -0.25) is 38.6 Å². The number of fused-ring (bicyclic) bond motifs is 2. The molecular weight excluding hydrogens is 1340 g/mol. The maximum Gasteiger partial charge on any atom is 0.333 e. The van der Waals surface area contributed by atoms with Crippen molar-refractivity contribution in [2.45, 2.75) is 170 Å². The van der Waals surface area contributed by atoms with E-state index in [0.29, 0.717) is 107 Å². The van der Waals surface area contributed by atoms with Crippen LogP contribution in [0.4, 0.5) is 0 Å². The Kier molecular flexibility index (Phi) is 21.2. The smallest absolute Gasteiger partial charge is 0.333 e. The molecule has 2 aliphatic carbocycles. The van der Waals surface area contributed by atoms with E-state index in [0.717, 1.165) is 9.80 Å². The average molecular weight is 1430 g/mol. The third-order valence-electron chi connectivity index (χ3n) is 20.4. The van der Waals surface area contributed by atoms with Gasteiger partial charge < -0.3 is 38.2 Å². The van der Waals surface area contributed by atoms with Gasteiger partial charge in [-0.25, -0.2) is 9.59 Å². The summed E-state index contributed by atoms with van der Waals surface area (Å²) in [5, 5.41) is 2.21. The average Bonchev–Trinajstić information content (AvgIpc) is 0.671. The van der Waals surface area contributed by atoms with Crippen LogP contribution in [0.25, 0.3) is 43.1 Å². The zero-order valence-electron chi connectivity index (χ0n) is 62.0. The van der Waals surface area contributed by atoms with Gasteiger partial charge in [-0.05, 0) is 162 Å². The number of esters is 2. The third kappa shape index (κ3) is 14.5. The summed E-state index contributed by atoms with van der Waals surface area (Å²) in [5.74, 6) is -3.61. The summed E-state index contributed by atoms with van der Waals surface area (Å²) < 4.78 is 40.7. The molecule has 548 valence electrons. The molecule has 106 heavy (non-hydrogen) atoms. The van der Waals surface area contributed by atoms with E-state index in [2.05, 4.69) is 13.2 Å². The van der Waals surface area contributed by atoms with E-state index in [-0.39, 0.29) is 117 Å². The van der Waals surface area contributed by atoms with Crippen molar-refractivity contribution in [3.8, 4) is 46.0 Å². The lowest BCUT2D eigenvalue weighted by Crippen LogP contribution is -2.58. The van der Waals surface area contributed by atoms with Crippen molar-refractivity contribution in [3.05, 3.63) is 192 Å². The van der Waals surface area contributed by atoms with Gasteiger partial charge in [-0.2, -0.15) is 0 Å². The minimum atomic E-state index is -1.33. The molecule has 0 spiro atoms. The van der Waals surface area contributed by atoms with Gasteiger partial charge in [-0.1, -0.05) is 141 Å². The van der Waals surface area contributed by atoms with Crippen molar-refractivity contribution in [2.24, 2.45) is 23.7 Å². The van der Waals surface area contributed by atoms with E-state index in [1.165, 1.54) is 0 Å². The Morgan fingerprint density at radius 2 is 0.670 bits per heavy atom. The van der Waals surface area contributed by atoms with Crippen molar-refractivity contribution in [2.75, 3.05) is 13.1 Å². The van der Waals surface area contributed by atoms with Crippen LogP contribution >= 0.6 is 0 Å². The number of benzene rings is 9. The standard InChI is InChI=1S/C88H92N4O14/c1-49(2)39-67(85(97)89(47-51(5)6)55-27-25-37-61(41-55)105-87(99)53(9)10)91-81(93)63-43-69(101-57-29-17-13-18-30-57)75-77-71(103-59-33-21-15-22-34-59)45-65-74-66(84(96)92(83(65)95)68(40-50(3)4)86(98)90(48-52(7)8)56-28-26-38-62(42-56)106-88(100)54(11)12)46-72(104-60-35-23-16-24-36-60)78(80(74)77)76-70(102-58-31-19-14-20-32-58)44-64(82(91)94)73(63)79(75)76/h13-24,29-36,43-46,49-52,55-56,61-62,67-68H,9,11,25-28,37-42,47-48H2,1-8,10,12H3. The quantitative estimate of drug-likeness (QED) is 0.0163. The highest BCUT2D eigenvalue weighted by Crippen LogP contribution is 2.58. The van der Waals surface area contributed by atoms with E-state index < -0.39 is 83.8 Å². The van der Waals surface area contributed by atoms with Crippen LogP contribution in [0.1, 0.15) is 175 Å². The van der Waals surface area contributed by atoms with Crippen molar-refractivity contribution in [1.29, 1.82) is 0 Å². The Labute approximate surface area is 618 Å². The van der Waals surface area contributed by atoms with Crippen LogP contribution in [0.5, 0.6) is 46.0 Å². The highest BCUT2D eigenvalue weighted by molar-refractivity contribution is 6.45. The number of rotatable bonds is 26. The summed E-state index contributed by atoms with van der Waals surface area (Å²) >= 11 is 0. The summed E-state index contributed by atoms with van der Waals surface area (Å²) in [4.78, 5) is 131. The fourth-order valence-electron chi connectivity index (χ4n) is 16.0. The summed E-state index contributed by atoms with van der Waals surface area (Å²) in [6.45, 7) is 27.2. The minimum absolute atomic E-state index is 0.0308. The molecule has 6 atom stereocenters. The molecule has 0 aromatic heterocycles. The maximum atomic E-state index is 16.6. The highest BCUT2D eigenvalue weighted by atomic mass is 16.5. The summed E-state index contributed by atoms with van der Waals surface area (Å²) in [5.41, 5.74) is 0.653. The van der Waals surface area contributed by atoms with Crippen LogP contribution in [-0.2, 0) is 28.7 Å². The molecule has 9 aromatic carbocycles. The normalized spacial score (nSPS) is 17.9. The number of amides is 6. The Hall–Kier alpha value is -10.9. The molecule has 6 amide bonds. The molecule has 18 heteroatoms. The highest BCUT2D eigenvalue weighted by Gasteiger charge is 2.49. The fourth-order valence-corrected chi connectivity index (χ4v) is 16.0. The van der Waals surface area contributed by atoms with Gasteiger partial charge in [0.15, 0.2) is 0 Å². The third-order valence-corrected chi connectivity index (χ3v) is 20.4. The predicted molar refractivity (Wildman–Crippen MR) is 408 cm³/mol. The van der Waals surface area contributed by atoms with Crippen LogP contribution in [0.15, 0.2) is 170 Å². The second-order valence-electron chi connectivity index (χ2n) is 30.6. The number of para-hydroxylation sites is 4. The van der Waals surface area contributed by atoms with Crippen LogP contribution < -0.4 is 18.9 Å². The first-order chi connectivity index (χ1) is 50.8. The number of nitrogens with zero attached hydrogens (tertiary/aromatic N) is 4. The monoisotopic (exact) mass is 1430 g/mol. The van der Waals surface area contributed by atoms with Gasteiger partial charge in [0.25, 0.3) is 23.6 Å². The first-order valence-electron chi connectivity index (χ1n) is 37.2. The Morgan fingerprint density at radius 1 is 0.396 bits per heavy atom. The molecule has 0 radical (unpaired) electrons. The van der Waals surface area contributed by atoms with Gasteiger partial charge in [-0.15, -0.1) is 0 Å². The first-order valence-corrected chi connectivity index (χ1v) is 37.2. The van der Waals surface area contributed by atoms with Crippen molar-refractivity contribution >= 4 is 90.5 Å². The molecular formula is C88H92N4O14. The van der Waals surface area contributed by atoms with E-state index in [1.54, 1.807) is 96.4 Å². The molecule has 0 bridgehead atoms. The van der Waals surface area contributed by atoms with Crippen molar-refractivity contribution < 1.29 is 66.8 Å². The van der Waals surface area contributed by atoms with Gasteiger partial charge in [0.2, 0.25) is 11.8 Å². The zero-order chi connectivity index (χ0) is 75.1. The second-order valence-corrected chi connectivity index (χ2v) is 30.6. The first kappa shape index (κ1) is 73.4. The van der Waals surface area contributed by atoms with E-state index in [9.17, 15) is 9.59 Å². The zero-order valence-corrected chi connectivity index (χ0v) is 62.0. The Morgan fingerprint density at radius 3 is 0.915 bits per heavy atom. The fraction of sp³-hybridized carbons (Fsp3) is 0.364. The molecule has 2 heterocycles. The molecule has 2 aliphatic heterocycles. The minimum Gasteiger partial charge on any atom is -0.459 e. The second kappa shape index (κ2) is 30.7. The Bertz CT molecular complexity index is 4420. The maximum absolute atomic E-state index is 16.6. The number of imide groups is 2. The lowest BCUT2D eigenvalue weighted by Gasteiger charge is -2.42. The molecule has 4 aliphatic rings. The summed E-state index contributed by atoms with van der Waals surface area (Å²) in [6.07, 6.45) is 3.59. The van der Waals surface area contributed by atoms with Crippen molar-refractivity contribution in [3.63, 3.8) is 0 Å². The topological polar surface area (TPSA) is 205 Å². The van der Waals surface area contributed by atoms with Gasteiger partial charge in [0.1, 0.15) is 70.3 Å². The predicted octanol–water partition coefficient (Wildman–Crippen LogP) is 18.8. The van der Waals surface area contributed by atoms with Crippen LogP contribution in [0, 0.1) is 23.7 Å². The molecule has 9 aromatic rings. The molecule has 13 rings (SSSR count). The lowest BCUT2D eigenvalue weighted by atomic mass is 9.80. The van der Waals surface area contributed by atoms with E-state index in [1.807, 2.05) is 128 Å². The van der Waals surface area contributed by atoms with E-state index >= 15 is 28.8 Å². The summed E-state index contributed by atoms with van der Waals surface area (Å²) in [7, 11) is 0. The van der Waals surface area contributed by atoms with Crippen LogP contribution in [0.3, 0.4) is 0 Å². The number of carbonyl (C=O) groups is 8. The van der Waals surface area contributed by atoms with Crippen LogP contribution in [-0.4, -0.2) is 116 Å². The van der Waals surface area contributed by atoms with Gasteiger partial charge in [0, 0.05) is 92.3 Å². The molecule has 0 N–H and O–H groups in total. The number of carbonyl (C=O) groups excluding carboxylic acids is 8. The molecule has 18 nitrogen and oxygen atoms in total. The molecule has 2 saturated carbocycles. The van der Waals surface area contributed by atoms with Gasteiger partial charge >= 0.3 is 11.9 Å². The lowest BCUT2D eigenvalue weighted by molar-refractivity contribution is -0.150. The van der Waals surface area contributed by atoms with E-state index in [4.69, 9.17) is 28.4 Å². The number of hydrogen-bond donors (Lipinski definition) is 0. The SMILES string of the molecule is C=C(C)C(=O)OC1CCCC(N(CC(C)C)C(=O)C(CC(C)C)N2C(=O)c3cc(Oc4ccccc4)c4c5c(Oc6ccccc6)cc6c7c(cc(Oc8ccccc8)c(c8c(Oc9ccccc9)cc(c3c48)C2=O)c75)C(=O)N(C(CC(C)C)C(=O)N(CC(C)C)C2CCCC(OC(=O)C(=C)C)C2)C6=O)C1. The van der Waals surface area contributed by atoms with Crippen LogP contribution in [0.2, 0.25) is 0 Å².